The minimum atomic E-state index is -4.57. The molecule has 0 spiro atoms. The lowest BCUT2D eigenvalue weighted by molar-refractivity contribution is -0.141. The first-order chi connectivity index (χ1) is 60.2. The maximum Gasteiger partial charge on any atom is 0.434 e. The first-order valence-corrected chi connectivity index (χ1v) is 41.5. The van der Waals surface area contributed by atoms with Crippen LogP contribution in [0.25, 0.3) is 34.2 Å². The molecule has 4 N–H and O–H groups in total. The van der Waals surface area contributed by atoms with E-state index in [1.54, 1.807) is 103 Å². The molecule has 0 radical (unpaired) electrons. The summed E-state index contributed by atoms with van der Waals surface area (Å²) in [7, 11) is 0. The Morgan fingerprint density at radius 2 is 0.750 bits per heavy atom. The van der Waals surface area contributed by atoms with Crippen molar-refractivity contribution in [2.75, 3.05) is 47.4 Å². The van der Waals surface area contributed by atoms with Crippen molar-refractivity contribution in [3.8, 4) is 34.2 Å². The number of aromatic nitrogens is 18. The molecule has 12 fully saturated rings. The van der Waals surface area contributed by atoms with E-state index in [1.165, 1.54) is 64.7 Å². The average molecular weight is 1690 g/mol. The number of alkyl halides is 3. The standard InChI is InChI=1S/C23H20F4N6O.C23H23FN6O.C21H22FN7O.C21H23N7O/c24-15-4-1-3-14(20(15)21-28-7-2-8-29-21)22(34)33-12-13-5-6-17(33)16(9-13)32-19-11-30-18(10-31-19)23(25,26)27;1-14-11-28-21(12-27-14)29-19-9-15-3-6-20(19)30(13-15)23(31)17-5-4-16(24)10-18(17)22-25-7-2-8-26-22;1-13-10-24-19(11-23-13)27-17-9-14-5-6-18(17)28(12-14)21(30)15-3-2-4-16(22)20(15)29-25-7-8-26-29;1-14-11-23-20(12-22-14)26-17-10-15-6-7-19(17)27(13-15)21(29)16-4-2-3-5-18(16)28-24-8-9-25-28/h1-4,7-8,10-11,13,16-17H,5-6,9,12H2,(H,31,32);2,4-5,7-8,10-12,15,19-20H,3,6,9,13H2,1H3,(H,28,29);2-4,7-8,10-11,14,17-18H,5-6,9,12H2,1H3,(H,24,27);2-5,8-9,11-12,15,17,19H,6-7,10,13H2,1H3,(H,23,26). The molecule has 12 aliphatic rings. The van der Waals surface area contributed by atoms with Gasteiger partial charge in [0, 0.05) is 80.7 Å². The summed E-state index contributed by atoms with van der Waals surface area (Å²) in [5.41, 5.74) is 4.30. The third-order valence-corrected chi connectivity index (χ3v) is 24.4. The molecule has 24 rings (SSSR count). The highest BCUT2D eigenvalue weighted by Crippen LogP contribution is 2.44. The van der Waals surface area contributed by atoms with Gasteiger partial charge in [-0.25, -0.2) is 58.0 Å². The third-order valence-electron chi connectivity index (χ3n) is 24.4. The highest BCUT2D eigenvalue weighted by molar-refractivity contribution is 6.02. The van der Waals surface area contributed by atoms with Gasteiger partial charge in [-0.3, -0.25) is 34.1 Å². The zero-order valence-corrected chi connectivity index (χ0v) is 67.9. The SMILES string of the molecule is Cc1cnc(NC2CC3CCC2N(C(=O)c2ccc(F)cc2-c2ncccn2)C3)cn1.Cc1cnc(NC2CC3CCC2N(C(=O)c2cccc(F)c2-n2nccn2)C3)cn1.Cc1cnc(NC2CC3CCC2N(C(=O)c2ccccc2-n2nccn2)C3)cn1.O=C(c1cccc(F)c1-c1ncccn1)N1CC2CCC1C(Nc1cnc(C(F)(F)F)cn1)C2. The number of piperidine rings is 8. The molecule has 30 nitrogen and oxygen atoms in total. The molecule has 124 heavy (non-hydrogen) atoms. The lowest BCUT2D eigenvalue weighted by Crippen LogP contribution is -2.59. The topological polar surface area (TPSA) is 345 Å². The zero-order valence-electron chi connectivity index (χ0n) is 67.9. The van der Waals surface area contributed by atoms with Crippen LogP contribution in [-0.2, 0) is 6.18 Å². The van der Waals surface area contributed by atoms with E-state index < -0.39 is 29.3 Å². The molecule has 4 aromatic carbocycles. The number of carbonyl (C=O) groups is 4. The molecule has 636 valence electrons. The Morgan fingerprint density at radius 3 is 1.18 bits per heavy atom. The number of aryl methyl sites for hydroxylation is 3. The van der Waals surface area contributed by atoms with Crippen LogP contribution in [0.15, 0.2) is 190 Å². The number of hydrogen-bond acceptors (Lipinski definition) is 24. The molecule has 4 saturated carbocycles. The predicted molar refractivity (Wildman–Crippen MR) is 443 cm³/mol. The van der Waals surface area contributed by atoms with Crippen LogP contribution in [0.3, 0.4) is 0 Å². The second kappa shape index (κ2) is 36.2. The maximum absolute atomic E-state index is 14.8. The van der Waals surface area contributed by atoms with Gasteiger partial charge in [-0.05, 0) is 188 Å². The van der Waals surface area contributed by atoms with Gasteiger partial charge >= 0.3 is 6.18 Å². The number of benzene rings is 4. The lowest BCUT2D eigenvalue weighted by atomic mass is 9.76. The molecule has 8 bridgehead atoms. The smallest absolute Gasteiger partial charge is 0.364 e. The Kier molecular flexibility index (Phi) is 24.1. The Balaban J connectivity index is 0.000000117. The van der Waals surface area contributed by atoms with E-state index in [9.17, 15) is 45.5 Å². The van der Waals surface area contributed by atoms with Gasteiger partial charge in [-0.15, -0.1) is 4.80 Å². The van der Waals surface area contributed by atoms with Crippen molar-refractivity contribution in [1.29, 1.82) is 0 Å². The molecule has 12 aromatic rings. The van der Waals surface area contributed by atoms with Gasteiger partial charge in [0.1, 0.15) is 40.6 Å². The molecule has 16 heterocycles. The maximum atomic E-state index is 14.8. The fraction of sp³-hybridized carbons (Fsp3) is 0.364. The van der Waals surface area contributed by atoms with Crippen LogP contribution < -0.4 is 21.3 Å². The number of anilines is 4. The number of rotatable bonds is 16. The molecule has 8 saturated heterocycles. The van der Waals surface area contributed by atoms with Crippen LogP contribution in [0.5, 0.6) is 0 Å². The highest BCUT2D eigenvalue weighted by atomic mass is 19.4. The Bertz CT molecular complexity index is 5740. The molecule has 36 heteroatoms. The van der Waals surface area contributed by atoms with E-state index in [4.69, 9.17) is 0 Å². The second-order valence-corrected chi connectivity index (χ2v) is 32.5. The molecular formula is C88H88F6N26O4. The number of halogens is 6. The fourth-order valence-electron chi connectivity index (χ4n) is 18.7. The number of para-hydroxylation sites is 2. The number of fused-ring (bicyclic) bond motifs is 12. The Morgan fingerprint density at radius 1 is 0.363 bits per heavy atom. The quantitative estimate of drug-likeness (QED) is 0.0653. The summed E-state index contributed by atoms with van der Waals surface area (Å²) in [6.07, 6.45) is 31.5. The summed E-state index contributed by atoms with van der Waals surface area (Å²) in [6.45, 7) is 8.40. The van der Waals surface area contributed by atoms with E-state index in [-0.39, 0.29) is 112 Å². The summed E-state index contributed by atoms with van der Waals surface area (Å²) in [6, 6.07) is 23.9. The van der Waals surface area contributed by atoms with Gasteiger partial charge in [0.25, 0.3) is 23.6 Å². The summed E-state index contributed by atoms with van der Waals surface area (Å²) >= 11 is 0. The van der Waals surface area contributed by atoms with E-state index in [0.717, 1.165) is 112 Å². The monoisotopic (exact) mass is 1690 g/mol. The van der Waals surface area contributed by atoms with Crippen molar-refractivity contribution < 1.29 is 45.5 Å². The van der Waals surface area contributed by atoms with E-state index in [2.05, 4.69) is 101 Å². The van der Waals surface area contributed by atoms with E-state index in [1.807, 2.05) is 59.7 Å². The Labute approximate surface area is 708 Å². The van der Waals surface area contributed by atoms with Crippen molar-refractivity contribution in [3.63, 3.8) is 0 Å². The number of hydrogen-bond donors (Lipinski definition) is 4. The third kappa shape index (κ3) is 18.1. The van der Waals surface area contributed by atoms with Crippen molar-refractivity contribution in [2.45, 2.75) is 152 Å². The number of nitrogens with zero attached hydrogens (tertiary/aromatic N) is 22. The first kappa shape index (κ1) is 82.6. The number of amides is 4. The largest absolute Gasteiger partial charge is 0.434 e. The first-order valence-electron chi connectivity index (χ1n) is 41.5. The van der Waals surface area contributed by atoms with E-state index >= 15 is 0 Å². The Hall–Kier alpha value is -13.7. The summed E-state index contributed by atoms with van der Waals surface area (Å²) < 4.78 is 81.8. The summed E-state index contributed by atoms with van der Waals surface area (Å²) in [5.74, 6) is 2.25. The average Bonchev–Trinajstić information content (AvgIpc) is 0.839. The van der Waals surface area contributed by atoms with Gasteiger partial charge in [-0.2, -0.15) is 38.4 Å². The van der Waals surface area contributed by atoms with Gasteiger partial charge in [0.15, 0.2) is 23.2 Å². The van der Waals surface area contributed by atoms with Crippen LogP contribution >= 0.6 is 0 Å². The van der Waals surface area contributed by atoms with Crippen molar-refractivity contribution >= 4 is 46.9 Å². The van der Waals surface area contributed by atoms with Crippen molar-refractivity contribution in [2.24, 2.45) is 23.7 Å². The number of carbonyl (C=O) groups excluding carboxylic acids is 4. The molecule has 4 amide bonds. The predicted octanol–water partition coefficient (Wildman–Crippen LogP) is 12.8. The van der Waals surface area contributed by atoms with Crippen LogP contribution in [0, 0.1) is 61.9 Å². The zero-order chi connectivity index (χ0) is 85.7. The minimum Gasteiger partial charge on any atom is -0.364 e. The lowest BCUT2D eigenvalue weighted by Gasteiger charge is -2.50. The molecule has 12 atom stereocenters. The molecule has 4 aliphatic carbocycles. The second-order valence-electron chi connectivity index (χ2n) is 32.5. The number of nitrogens with one attached hydrogen (secondary N) is 4. The van der Waals surface area contributed by atoms with Crippen molar-refractivity contribution in [1.82, 2.24) is 109 Å². The van der Waals surface area contributed by atoms with Gasteiger partial charge in [0.05, 0.1) is 149 Å². The van der Waals surface area contributed by atoms with E-state index in [0.29, 0.717) is 84.0 Å². The van der Waals surface area contributed by atoms with Gasteiger partial charge < -0.3 is 40.9 Å². The summed E-state index contributed by atoms with van der Waals surface area (Å²) in [5, 5.41) is 30.1. The molecule has 8 aliphatic heterocycles. The van der Waals surface area contributed by atoms with Crippen LogP contribution in [0.2, 0.25) is 0 Å². The van der Waals surface area contributed by atoms with Crippen LogP contribution in [0.4, 0.5) is 49.6 Å². The van der Waals surface area contributed by atoms with Crippen LogP contribution in [0.1, 0.15) is 141 Å². The summed E-state index contributed by atoms with van der Waals surface area (Å²) in [4.78, 5) is 115. The fourth-order valence-corrected chi connectivity index (χ4v) is 18.7. The highest BCUT2D eigenvalue weighted by Gasteiger charge is 2.49. The van der Waals surface area contributed by atoms with Crippen LogP contribution in [-0.4, -0.2) is 208 Å². The minimum absolute atomic E-state index is 0.00676. The normalized spacial score (nSPS) is 22.6. The van der Waals surface area contributed by atoms with Gasteiger partial charge in [0.2, 0.25) is 0 Å². The molecular weight excluding hydrogens is 1600 g/mol. The molecule has 8 aromatic heterocycles. The van der Waals surface area contributed by atoms with Crippen molar-refractivity contribution in [3.05, 3.63) is 253 Å². The van der Waals surface area contributed by atoms with Gasteiger partial charge in [-0.1, -0.05) is 24.3 Å². The molecule has 12 unspecified atom stereocenters.